The van der Waals surface area contributed by atoms with E-state index in [9.17, 15) is 17.6 Å². The molecule has 2 aromatic rings. The highest BCUT2D eigenvalue weighted by Crippen LogP contribution is 2.28. The molecular formula is C17H16FNO3S. The fourth-order valence-corrected chi connectivity index (χ4v) is 4.46. The molecule has 23 heavy (non-hydrogen) atoms. The summed E-state index contributed by atoms with van der Waals surface area (Å²) in [6.45, 7) is 0.268. The Hall–Kier alpha value is -2.21. The molecular weight excluding hydrogens is 317 g/mol. The average Bonchev–Trinajstić information content (AvgIpc) is 2.55. The van der Waals surface area contributed by atoms with Crippen LogP contribution in [-0.4, -0.2) is 38.1 Å². The molecule has 0 N–H and O–H groups in total. The lowest BCUT2D eigenvalue weighted by atomic mass is 10.1. The van der Waals surface area contributed by atoms with Crippen LogP contribution >= 0.6 is 0 Å². The van der Waals surface area contributed by atoms with Crippen molar-refractivity contribution in [2.45, 2.75) is 5.25 Å². The third kappa shape index (κ3) is 3.27. The van der Waals surface area contributed by atoms with E-state index in [0.717, 1.165) is 0 Å². The van der Waals surface area contributed by atoms with E-state index < -0.39 is 20.9 Å². The predicted molar refractivity (Wildman–Crippen MR) is 85.3 cm³/mol. The van der Waals surface area contributed by atoms with Crippen LogP contribution in [0.2, 0.25) is 0 Å². The first-order chi connectivity index (χ1) is 11.0. The van der Waals surface area contributed by atoms with Crippen LogP contribution in [0.4, 0.5) is 4.39 Å². The number of carbonyl (C=O) groups is 1. The first-order valence-electron chi connectivity index (χ1n) is 7.29. The Morgan fingerprint density at radius 3 is 2.35 bits per heavy atom. The maximum atomic E-state index is 13.0. The van der Waals surface area contributed by atoms with Crippen LogP contribution in [0.5, 0.6) is 0 Å². The van der Waals surface area contributed by atoms with Crippen molar-refractivity contribution in [3.05, 3.63) is 71.5 Å². The lowest BCUT2D eigenvalue weighted by Crippen LogP contribution is -2.45. The van der Waals surface area contributed by atoms with Crippen LogP contribution in [-0.2, 0) is 9.84 Å². The van der Waals surface area contributed by atoms with Crippen LogP contribution in [0.3, 0.4) is 0 Å². The largest absolute Gasteiger partial charge is 0.336 e. The molecule has 1 saturated heterocycles. The first-order valence-corrected chi connectivity index (χ1v) is 9.00. The molecule has 1 aliphatic rings. The van der Waals surface area contributed by atoms with Gasteiger partial charge in [-0.25, -0.2) is 12.8 Å². The molecule has 120 valence electrons. The smallest absolute Gasteiger partial charge is 0.253 e. The minimum Gasteiger partial charge on any atom is -0.336 e. The van der Waals surface area contributed by atoms with Gasteiger partial charge in [0.05, 0.1) is 5.75 Å². The molecule has 0 aromatic heterocycles. The van der Waals surface area contributed by atoms with E-state index in [0.29, 0.717) is 11.1 Å². The fourth-order valence-electron chi connectivity index (χ4n) is 2.72. The topological polar surface area (TPSA) is 54.5 Å². The number of hydrogen-bond donors (Lipinski definition) is 0. The van der Waals surface area contributed by atoms with Gasteiger partial charge in [0.2, 0.25) is 0 Å². The fraction of sp³-hybridized carbons (Fsp3) is 0.235. The summed E-state index contributed by atoms with van der Waals surface area (Å²) < 4.78 is 37.7. The Balaban J connectivity index is 1.86. The highest BCUT2D eigenvalue weighted by molar-refractivity contribution is 7.91. The maximum Gasteiger partial charge on any atom is 0.253 e. The van der Waals surface area contributed by atoms with Crippen LogP contribution < -0.4 is 0 Å². The molecule has 2 aromatic carbocycles. The molecule has 0 bridgehead atoms. The van der Waals surface area contributed by atoms with Crippen LogP contribution in [0.15, 0.2) is 54.6 Å². The predicted octanol–water partition coefficient (Wildman–Crippen LogP) is 2.44. The van der Waals surface area contributed by atoms with Gasteiger partial charge in [-0.1, -0.05) is 30.3 Å². The summed E-state index contributed by atoms with van der Waals surface area (Å²) in [5.74, 6) is -0.759. The number of sulfone groups is 1. The second-order valence-corrected chi connectivity index (χ2v) is 7.83. The van der Waals surface area contributed by atoms with E-state index >= 15 is 0 Å². The van der Waals surface area contributed by atoms with Crippen molar-refractivity contribution in [1.82, 2.24) is 4.90 Å². The standard InChI is InChI=1S/C17H16FNO3S/c18-15-8-6-14(7-9-15)17(20)19-10-11-23(21,22)16(12-19)13-4-2-1-3-5-13/h1-9,16H,10-12H2. The normalized spacial score (nSPS) is 20.2. The summed E-state index contributed by atoms with van der Waals surface area (Å²) in [4.78, 5) is 14.0. The number of carbonyl (C=O) groups excluding carboxylic acids is 1. The summed E-state index contributed by atoms with van der Waals surface area (Å²) in [6.07, 6.45) is 0. The molecule has 0 saturated carbocycles. The Kier molecular flexibility index (Phi) is 4.17. The van der Waals surface area contributed by atoms with Crippen LogP contribution in [0, 0.1) is 5.82 Å². The van der Waals surface area contributed by atoms with Crippen molar-refractivity contribution in [2.75, 3.05) is 18.8 Å². The van der Waals surface area contributed by atoms with Gasteiger partial charge >= 0.3 is 0 Å². The zero-order chi connectivity index (χ0) is 16.4. The number of nitrogens with zero attached hydrogens (tertiary/aromatic N) is 1. The van der Waals surface area contributed by atoms with Gasteiger partial charge in [-0.3, -0.25) is 4.79 Å². The monoisotopic (exact) mass is 333 g/mol. The van der Waals surface area contributed by atoms with Crippen LogP contribution in [0.25, 0.3) is 0 Å². The van der Waals surface area contributed by atoms with Crippen molar-refractivity contribution in [3.63, 3.8) is 0 Å². The van der Waals surface area contributed by atoms with Crippen molar-refractivity contribution in [1.29, 1.82) is 0 Å². The molecule has 0 radical (unpaired) electrons. The summed E-state index contributed by atoms with van der Waals surface area (Å²) in [5, 5.41) is -0.721. The Morgan fingerprint density at radius 1 is 1.04 bits per heavy atom. The molecule has 1 aliphatic heterocycles. The summed E-state index contributed by atoms with van der Waals surface area (Å²) in [7, 11) is -3.29. The second kappa shape index (κ2) is 6.12. The van der Waals surface area contributed by atoms with E-state index in [1.807, 2.05) is 6.07 Å². The third-order valence-electron chi connectivity index (χ3n) is 4.02. The SMILES string of the molecule is O=C(c1ccc(F)cc1)N1CCS(=O)(=O)C(c2ccccc2)C1. The van der Waals surface area contributed by atoms with Gasteiger partial charge in [0.15, 0.2) is 9.84 Å². The van der Waals surface area contributed by atoms with E-state index in [-0.39, 0.29) is 24.7 Å². The maximum absolute atomic E-state index is 13.0. The molecule has 1 amide bonds. The summed E-state index contributed by atoms with van der Waals surface area (Å²) >= 11 is 0. The highest BCUT2D eigenvalue weighted by Gasteiger charge is 2.36. The van der Waals surface area contributed by atoms with Gasteiger partial charge in [-0.15, -0.1) is 0 Å². The average molecular weight is 333 g/mol. The number of hydrogen-bond acceptors (Lipinski definition) is 3. The van der Waals surface area contributed by atoms with Gasteiger partial charge in [-0.2, -0.15) is 0 Å². The molecule has 3 rings (SSSR count). The Labute approximate surface area is 134 Å². The van der Waals surface area contributed by atoms with Gasteiger partial charge in [0, 0.05) is 18.7 Å². The number of rotatable bonds is 2. The van der Waals surface area contributed by atoms with Gasteiger partial charge < -0.3 is 4.90 Å². The number of benzene rings is 2. The van der Waals surface area contributed by atoms with Crippen molar-refractivity contribution in [3.8, 4) is 0 Å². The van der Waals surface area contributed by atoms with E-state index in [1.165, 1.54) is 29.2 Å². The lowest BCUT2D eigenvalue weighted by Gasteiger charge is -2.33. The van der Waals surface area contributed by atoms with Crippen molar-refractivity contribution in [2.24, 2.45) is 0 Å². The van der Waals surface area contributed by atoms with Gasteiger partial charge in [0.1, 0.15) is 11.1 Å². The summed E-state index contributed by atoms with van der Waals surface area (Å²) in [6, 6.07) is 14.2. The number of halogens is 1. The molecule has 1 fully saturated rings. The quantitative estimate of drug-likeness (QED) is 0.848. The zero-order valence-corrected chi connectivity index (χ0v) is 13.2. The van der Waals surface area contributed by atoms with Gasteiger partial charge in [-0.05, 0) is 29.8 Å². The zero-order valence-electron chi connectivity index (χ0n) is 12.4. The second-order valence-electron chi connectivity index (χ2n) is 5.52. The summed E-state index contributed by atoms with van der Waals surface area (Å²) in [5.41, 5.74) is 1.04. The van der Waals surface area contributed by atoms with Crippen LogP contribution in [0.1, 0.15) is 21.2 Å². The molecule has 0 spiro atoms. The molecule has 0 aliphatic carbocycles. The molecule has 4 nitrogen and oxygen atoms in total. The number of amides is 1. The van der Waals surface area contributed by atoms with Gasteiger partial charge in [0.25, 0.3) is 5.91 Å². The van der Waals surface area contributed by atoms with E-state index in [2.05, 4.69) is 0 Å². The molecule has 6 heteroatoms. The van der Waals surface area contributed by atoms with E-state index in [1.54, 1.807) is 24.3 Å². The first kappa shape index (κ1) is 15.7. The highest BCUT2D eigenvalue weighted by atomic mass is 32.2. The van der Waals surface area contributed by atoms with Crippen molar-refractivity contribution >= 4 is 15.7 Å². The van der Waals surface area contributed by atoms with Crippen molar-refractivity contribution < 1.29 is 17.6 Å². The minimum absolute atomic E-state index is 0.0699. The Morgan fingerprint density at radius 2 is 1.70 bits per heavy atom. The lowest BCUT2D eigenvalue weighted by molar-refractivity contribution is 0.0758. The molecule has 1 atom stereocenters. The molecule has 1 heterocycles. The molecule has 1 unspecified atom stereocenters. The minimum atomic E-state index is -3.29. The van der Waals surface area contributed by atoms with E-state index in [4.69, 9.17) is 0 Å². The third-order valence-corrected chi connectivity index (χ3v) is 6.05. The Bertz CT molecular complexity index is 803.